The molecule has 0 saturated carbocycles. The summed E-state index contributed by atoms with van der Waals surface area (Å²) in [5, 5.41) is 1.04. The molecule has 0 amide bonds. The van der Waals surface area contributed by atoms with Crippen molar-refractivity contribution >= 4 is 11.3 Å². The lowest BCUT2D eigenvalue weighted by Crippen LogP contribution is -1.91. The smallest absolute Gasteiger partial charge is 0.123 e. The van der Waals surface area contributed by atoms with E-state index in [0.29, 0.717) is 6.54 Å². The van der Waals surface area contributed by atoms with E-state index in [0.717, 1.165) is 16.3 Å². The molecule has 0 bridgehead atoms. The first-order chi connectivity index (χ1) is 7.35. The molecule has 3 nitrogen and oxygen atoms in total. The molecule has 2 rings (SSSR count). The van der Waals surface area contributed by atoms with E-state index < -0.39 is 0 Å². The lowest BCUT2D eigenvalue weighted by Gasteiger charge is -2.02. The maximum atomic E-state index is 5.57. The Balaban J connectivity index is 2.44. The number of hydrogen-bond acceptors (Lipinski definition) is 4. The van der Waals surface area contributed by atoms with Crippen molar-refractivity contribution in [1.29, 1.82) is 0 Å². The zero-order valence-corrected chi connectivity index (χ0v) is 9.42. The summed E-state index contributed by atoms with van der Waals surface area (Å²) in [7, 11) is 0. The Kier molecular flexibility index (Phi) is 3.08. The molecule has 15 heavy (non-hydrogen) atoms. The summed E-state index contributed by atoms with van der Waals surface area (Å²) in [6.45, 7) is 2.68. The number of nitrogens with zero attached hydrogens (tertiary/aromatic N) is 2. The average Bonchev–Trinajstić information content (AvgIpc) is 2.77. The number of pyridine rings is 1. The van der Waals surface area contributed by atoms with Crippen molar-refractivity contribution in [3.63, 3.8) is 0 Å². The fraction of sp³-hybridized carbons (Fsp3) is 0.273. The fourth-order valence-electron chi connectivity index (χ4n) is 1.44. The predicted octanol–water partition coefficient (Wildman–Crippen LogP) is 2.23. The van der Waals surface area contributed by atoms with Crippen molar-refractivity contribution in [3.05, 3.63) is 35.1 Å². The van der Waals surface area contributed by atoms with Crippen LogP contribution >= 0.6 is 11.3 Å². The SMILES string of the molecule is CCc1cnccc1-c1ncc(CN)s1. The van der Waals surface area contributed by atoms with Crippen LogP contribution in [-0.4, -0.2) is 9.97 Å². The second kappa shape index (κ2) is 4.51. The van der Waals surface area contributed by atoms with E-state index in [1.165, 1.54) is 11.1 Å². The minimum absolute atomic E-state index is 0.560. The van der Waals surface area contributed by atoms with Gasteiger partial charge in [-0.15, -0.1) is 11.3 Å². The van der Waals surface area contributed by atoms with Gasteiger partial charge in [0.15, 0.2) is 0 Å². The molecular weight excluding hydrogens is 206 g/mol. The van der Waals surface area contributed by atoms with Crippen LogP contribution < -0.4 is 5.73 Å². The number of aryl methyl sites for hydroxylation is 1. The molecule has 0 spiro atoms. The van der Waals surface area contributed by atoms with Crippen molar-refractivity contribution in [2.45, 2.75) is 19.9 Å². The molecule has 0 aliphatic rings. The minimum Gasteiger partial charge on any atom is -0.326 e. The molecule has 0 radical (unpaired) electrons. The standard InChI is InChI=1S/C11H13N3S/c1-2-8-6-13-4-3-10(8)11-14-7-9(5-12)15-11/h3-4,6-7H,2,5,12H2,1H3. The van der Waals surface area contributed by atoms with Gasteiger partial charge < -0.3 is 5.73 Å². The summed E-state index contributed by atoms with van der Waals surface area (Å²) in [6.07, 6.45) is 6.53. The van der Waals surface area contributed by atoms with Crippen LogP contribution in [0.2, 0.25) is 0 Å². The number of hydrogen-bond donors (Lipinski definition) is 1. The number of aromatic nitrogens is 2. The van der Waals surface area contributed by atoms with Gasteiger partial charge in [0.1, 0.15) is 5.01 Å². The Labute approximate surface area is 93.0 Å². The zero-order valence-electron chi connectivity index (χ0n) is 8.60. The first kappa shape index (κ1) is 10.3. The van der Waals surface area contributed by atoms with Crippen LogP contribution in [0.3, 0.4) is 0 Å². The summed E-state index contributed by atoms with van der Waals surface area (Å²) in [5.41, 5.74) is 7.98. The van der Waals surface area contributed by atoms with Crippen LogP contribution in [0, 0.1) is 0 Å². The van der Waals surface area contributed by atoms with Crippen LogP contribution in [0.4, 0.5) is 0 Å². The summed E-state index contributed by atoms with van der Waals surface area (Å²) < 4.78 is 0. The first-order valence-electron chi connectivity index (χ1n) is 4.93. The number of nitrogens with two attached hydrogens (primary N) is 1. The Bertz CT molecular complexity index is 451. The van der Waals surface area contributed by atoms with E-state index >= 15 is 0 Å². The third-order valence-corrected chi connectivity index (χ3v) is 3.32. The molecule has 2 heterocycles. The van der Waals surface area contributed by atoms with Crippen molar-refractivity contribution in [3.8, 4) is 10.6 Å². The van der Waals surface area contributed by atoms with E-state index in [9.17, 15) is 0 Å². The van der Waals surface area contributed by atoms with Crippen LogP contribution in [-0.2, 0) is 13.0 Å². The number of rotatable bonds is 3. The highest BCUT2D eigenvalue weighted by Gasteiger charge is 2.07. The normalized spacial score (nSPS) is 10.5. The average molecular weight is 219 g/mol. The van der Waals surface area contributed by atoms with E-state index in [2.05, 4.69) is 16.9 Å². The van der Waals surface area contributed by atoms with Gasteiger partial charge in [-0.05, 0) is 18.1 Å². The largest absolute Gasteiger partial charge is 0.326 e. The van der Waals surface area contributed by atoms with Gasteiger partial charge in [0.25, 0.3) is 0 Å². The van der Waals surface area contributed by atoms with E-state index in [-0.39, 0.29) is 0 Å². The Morgan fingerprint density at radius 2 is 2.27 bits per heavy atom. The van der Waals surface area contributed by atoms with Gasteiger partial charge in [0.2, 0.25) is 0 Å². The van der Waals surface area contributed by atoms with Gasteiger partial charge in [-0.1, -0.05) is 6.92 Å². The number of thiazole rings is 1. The molecule has 0 atom stereocenters. The molecule has 4 heteroatoms. The quantitative estimate of drug-likeness (QED) is 0.861. The molecule has 0 saturated heterocycles. The zero-order chi connectivity index (χ0) is 10.7. The Morgan fingerprint density at radius 1 is 1.40 bits per heavy atom. The Morgan fingerprint density at radius 3 is 2.93 bits per heavy atom. The lowest BCUT2D eigenvalue weighted by atomic mass is 10.1. The summed E-state index contributed by atoms with van der Waals surface area (Å²) in [5.74, 6) is 0. The van der Waals surface area contributed by atoms with Crippen molar-refractivity contribution < 1.29 is 0 Å². The van der Waals surface area contributed by atoms with Crippen LogP contribution in [0.25, 0.3) is 10.6 Å². The van der Waals surface area contributed by atoms with Crippen LogP contribution in [0.15, 0.2) is 24.7 Å². The summed E-state index contributed by atoms with van der Waals surface area (Å²) in [4.78, 5) is 9.61. The maximum Gasteiger partial charge on any atom is 0.123 e. The second-order valence-corrected chi connectivity index (χ2v) is 4.34. The van der Waals surface area contributed by atoms with Gasteiger partial charge in [0.05, 0.1) is 0 Å². The van der Waals surface area contributed by atoms with E-state index in [4.69, 9.17) is 5.73 Å². The Hall–Kier alpha value is -1.26. The molecule has 2 N–H and O–H groups in total. The molecule has 0 fully saturated rings. The van der Waals surface area contributed by atoms with Crippen molar-refractivity contribution in [2.24, 2.45) is 5.73 Å². The van der Waals surface area contributed by atoms with Gasteiger partial charge in [-0.2, -0.15) is 0 Å². The van der Waals surface area contributed by atoms with E-state index in [1.807, 2.05) is 18.5 Å². The van der Waals surface area contributed by atoms with Crippen LogP contribution in [0.5, 0.6) is 0 Å². The van der Waals surface area contributed by atoms with Gasteiger partial charge >= 0.3 is 0 Å². The highest BCUT2D eigenvalue weighted by Crippen LogP contribution is 2.27. The molecule has 0 aliphatic heterocycles. The predicted molar refractivity (Wildman–Crippen MR) is 62.6 cm³/mol. The molecule has 0 aromatic carbocycles. The third kappa shape index (κ3) is 2.06. The highest BCUT2D eigenvalue weighted by molar-refractivity contribution is 7.15. The van der Waals surface area contributed by atoms with Gasteiger partial charge in [-0.3, -0.25) is 4.98 Å². The third-order valence-electron chi connectivity index (χ3n) is 2.27. The minimum atomic E-state index is 0.560. The fourth-order valence-corrected chi connectivity index (χ4v) is 2.30. The summed E-state index contributed by atoms with van der Waals surface area (Å²) >= 11 is 1.65. The topological polar surface area (TPSA) is 51.8 Å². The van der Waals surface area contributed by atoms with Gasteiger partial charge in [0, 0.05) is 35.6 Å². The molecular formula is C11H13N3S. The van der Waals surface area contributed by atoms with Crippen molar-refractivity contribution in [2.75, 3.05) is 0 Å². The lowest BCUT2D eigenvalue weighted by molar-refractivity contribution is 1.09. The highest BCUT2D eigenvalue weighted by atomic mass is 32.1. The second-order valence-electron chi connectivity index (χ2n) is 3.22. The monoisotopic (exact) mass is 219 g/mol. The van der Waals surface area contributed by atoms with Gasteiger partial charge in [-0.25, -0.2) is 4.98 Å². The van der Waals surface area contributed by atoms with Crippen molar-refractivity contribution in [1.82, 2.24) is 9.97 Å². The molecule has 78 valence electrons. The molecule has 0 unspecified atom stereocenters. The molecule has 2 aromatic heterocycles. The summed E-state index contributed by atoms with van der Waals surface area (Å²) in [6, 6.07) is 2.01. The van der Waals surface area contributed by atoms with Crippen LogP contribution in [0.1, 0.15) is 17.4 Å². The maximum absolute atomic E-state index is 5.57. The molecule has 2 aromatic rings. The van der Waals surface area contributed by atoms with E-state index in [1.54, 1.807) is 17.5 Å². The molecule has 0 aliphatic carbocycles. The first-order valence-corrected chi connectivity index (χ1v) is 5.74.